The summed E-state index contributed by atoms with van der Waals surface area (Å²) in [6.45, 7) is 1.37. The summed E-state index contributed by atoms with van der Waals surface area (Å²) in [4.78, 5) is 16.2. The number of rotatable bonds is 5. The van der Waals surface area contributed by atoms with Crippen LogP contribution in [-0.4, -0.2) is 27.1 Å². The first-order chi connectivity index (χ1) is 17.4. The molecule has 37 heavy (non-hydrogen) atoms. The molecule has 0 radical (unpaired) electrons. The zero-order valence-electron chi connectivity index (χ0n) is 19.5. The Morgan fingerprint density at radius 2 is 1.81 bits per heavy atom. The first-order valence-electron chi connectivity index (χ1n) is 11.3. The molecule has 196 valence electrons. The largest absolute Gasteiger partial charge is 0.439 e. The average Bonchev–Trinajstić information content (AvgIpc) is 3.22. The second kappa shape index (κ2) is 10.3. The van der Waals surface area contributed by atoms with Crippen molar-refractivity contribution in [1.29, 1.82) is 0 Å². The Balaban J connectivity index is 1.35. The zero-order chi connectivity index (χ0) is 26.8. The van der Waals surface area contributed by atoms with Crippen molar-refractivity contribution in [2.24, 2.45) is 0 Å². The maximum atomic E-state index is 13.1. The summed E-state index contributed by atoms with van der Waals surface area (Å²) < 4.78 is 83.1. The lowest BCUT2D eigenvalue weighted by atomic mass is 9.89. The number of amides is 1. The van der Waals surface area contributed by atoms with E-state index in [-0.39, 0.29) is 17.6 Å². The molecule has 2 heterocycles. The van der Waals surface area contributed by atoms with Crippen LogP contribution in [0.4, 0.5) is 26.3 Å². The van der Waals surface area contributed by atoms with Gasteiger partial charge in [0.1, 0.15) is 5.75 Å². The molecule has 1 amide bonds. The van der Waals surface area contributed by atoms with Crippen LogP contribution >= 0.6 is 0 Å². The summed E-state index contributed by atoms with van der Waals surface area (Å²) in [5.41, 5.74) is -0.641. The molecule has 12 heteroatoms. The lowest BCUT2D eigenvalue weighted by Crippen LogP contribution is -2.37. The van der Waals surface area contributed by atoms with Crippen LogP contribution in [0.1, 0.15) is 58.6 Å². The van der Waals surface area contributed by atoms with Gasteiger partial charge in [0.25, 0.3) is 5.91 Å². The van der Waals surface area contributed by atoms with Gasteiger partial charge in [0.05, 0.1) is 11.1 Å². The van der Waals surface area contributed by atoms with Crippen molar-refractivity contribution < 1.29 is 35.9 Å². The minimum absolute atomic E-state index is 0.0237. The minimum atomic E-state index is -4.74. The number of allylic oxidation sites excluding steroid dienone is 1. The lowest BCUT2D eigenvalue weighted by Gasteiger charge is -2.25. The number of aromatic nitrogens is 3. The van der Waals surface area contributed by atoms with E-state index in [1.165, 1.54) is 6.92 Å². The highest BCUT2D eigenvalue weighted by molar-refractivity contribution is 5.96. The van der Waals surface area contributed by atoms with Gasteiger partial charge < -0.3 is 10.1 Å². The highest BCUT2D eigenvalue weighted by Gasteiger charge is 2.40. The molecule has 1 aliphatic rings. The van der Waals surface area contributed by atoms with Gasteiger partial charge in [-0.25, -0.2) is 4.98 Å². The van der Waals surface area contributed by atoms with E-state index in [1.54, 1.807) is 18.2 Å². The SMILES string of the molecule is Cc1[nH]nc(C(F)(F)F)c1C(=O)NC1CCC(=Cc2cccc(Oc3ccc(C(F)(F)F)cn3)c2)CC1. The molecule has 4 rings (SSSR count). The maximum absolute atomic E-state index is 13.1. The lowest BCUT2D eigenvalue weighted by molar-refractivity contribution is -0.141. The van der Waals surface area contributed by atoms with Crippen LogP contribution in [-0.2, 0) is 12.4 Å². The highest BCUT2D eigenvalue weighted by atomic mass is 19.4. The molecule has 1 fully saturated rings. The van der Waals surface area contributed by atoms with Crippen molar-refractivity contribution in [2.45, 2.75) is 51.0 Å². The Kier molecular flexibility index (Phi) is 7.28. The third-order valence-electron chi connectivity index (χ3n) is 5.92. The number of carbonyl (C=O) groups excluding carboxylic acids is 1. The van der Waals surface area contributed by atoms with Crippen LogP contribution in [0.5, 0.6) is 11.6 Å². The summed E-state index contributed by atoms with van der Waals surface area (Å²) in [7, 11) is 0. The molecule has 0 bridgehead atoms. The predicted molar refractivity (Wildman–Crippen MR) is 122 cm³/mol. The van der Waals surface area contributed by atoms with Gasteiger partial charge in [-0.15, -0.1) is 0 Å². The molecule has 0 unspecified atom stereocenters. The quantitative estimate of drug-likeness (QED) is 0.364. The monoisotopic (exact) mass is 524 g/mol. The topological polar surface area (TPSA) is 79.9 Å². The second-order valence-electron chi connectivity index (χ2n) is 8.68. The highest BCUT2D eigenvalue weighted by Crippen LogP contribution is 2.33. The van der Waals surface area contributed by atoms with E-state index in [9.17, 15) is 31.1 Å². The number of carbonyl (C=O) groups is 1. The van der Waals surface area contributed by atoms with Gasteiger partial charge in [-0.05, 0) is 56.4 Å². The number of aromatic amines is 1. The molecule has 2 N–H and O–H groups in total. The zero-order valence-corrected chi connectivity index (χ0v) is 19.5. The smallest absolute Gasteiger partial charge is 0.435 e. The van der Waals surface area contributed by atoms with Gasteiger partial charge in [0.2, 0.25) is 5.88 Å². The molecule has 3 aromatic rings. The third kappa shape index (κ3) is 6.49. The van der Waals surface area contributed by atoms with Crippen molar-refractivity contribution in [3.8, 4) is 11.6 Å². The van der Waals surface area contributed by atoms with E-state index in [2.05, 4.69) is 20.5 Å². The van der Waals surface area contributed by atoms with Gasteiger partial charge >= 0.3 is 12.4 Å². The van der Waals surface area contributed by atoms with Crippen LogP contribution in [0.25, 0.3) is 6.08 Å². The van der Waals surface area contributed by atoms with Gasteiger partial charge in [-0.2, -0.15) is 31.4 Å². The molecular formula is C25H22F6N4O2. The number of nitrogens with one attached hydrogen (secondary N) is 2. The molecule has 0 atom stereocenters. The molecule has 1 aliphatic carbocycles. The van der Waals surface area contributed by atoms with Gasteiger partial charge in [0, 0.05) is 24.0 Å². The minimum Gasteiger partial charge on any atom is -0.439 e. The number of benzene rings is 1. The Bertz CT molecular complexity index is 1290. The number of hydrogen-bond donors (Lipinski definition) is 2. The number of nitrogens with zero attached hydrogens (tertiary/aromatic N) is 2. The number of ether oxygens (including phenoxy) is 1. The van der Waals surface area contributed by atoms with Crippen LogP contribution in [0.2, 0.25) is 0 Å². The van der Waals surface area contributed by atoms with Crippen molar-refractivity contribution in [1.82, 2.24) is 20.5 Å². The summed E-state index contributed by atoms with van der Waals surface area (Å²) in [6.07, 6.45) is -4.18. The van der Waals surface area contributed by atoms with Crippen LogP contribution in [0, 0.1) is 6.92 Å². The Labute approximate surface area is 207 Å². The molecule has 1 aromatic carbocycles. The van der Waals surface area contributed by atoms with Crippen molar-refractivity contribution in [2.75, 3.05) is 0 Å². The van der Waals surface area contributed by atoms with E-state index in [0.717, 1.165) is 23.3 Å². The van der Waals surface area contributed by atoms with Crippen molar-refractivity contribution in [3.63, 3.8) is 0 Å². The molecule has 1 saturated carbocycles. The van der Waals surface area contributed by atoms with Gasteiger partial charge in [0.15, 0.2) is 5.69 Å². The fourth-order valence-corrected chi connectivity index (χ4v) is 4.08. The normalized spacial score (nSPS) is 16.4. The first kappa shape index (κ1) is 26.2. The van der Waals surface area contributed by atoms with E-state index < -0.39 is 35.1 Å². The van der Waals surface area contributed by atoms with E-state index in [1.807, 2.05) is 12.1 Å². The first-order valence-corrected chi connectivity index (χ1v) is 11.3. The number of H-pyrrole nitrogens is 1. The number of hydrogen-bond acceptors (Lipinski definition) is 4. The van der Waals surface area contributed by atoms with E-state index in [0.29, 0.717) is 37.6 Å². The Hall–Kier alpha value is -3.83. The number of aryl methyl sites for hydroxylation is 1. The third-order valence-corrected chi connectivity index (χ3v) is 5.92. The summed E-state index contributed by atoms with van der Waals surface area (Å²) >= 11 is 0. The Morgan fingerprint density at radius 3 is 2.43 bits per heavy atom. The maximum Gasteiger partial charge on any atom is 0.435 e. The summed E-state index contributed by atoms with van der Waals surface area (Å²) in [6, 6.07) is 8.72. The van der Waals surface area contributed by atoms with Gasteiger partial charge in [-0.1, -0.05) is 23.8 Å². The molecule has 0 aliphatic heterocycles. The Morgan fingerprint density at radius 1 is 1.08 bits per heavy atom. The molecular weight excluding hydrogens is 502 g/mol. The van der Waals surface area contributed by atoms with Crippen LogP contribution in [0.3, 0.4) is 0 Å². The number of halogens is 6. The molecule has 0 spiro atoms. The van der Waals surface area contributed by atoms with E-state index >= 15 is 0 Å². The summed E-state index contributed by atoms with van der Waals surface area (Å²) in [5, 5.41) is 8.14. The fraction of sp³-hybridized carbons (Fsp3) is 0.320. The second-order valence-corrected chi connectivity index (χ2v) is 8.68. The van der Waals surface area contributed by atoms with Crippen molar-refractivity contribution in [3.05, 3.63) is 76.2 Å². The molecule has 6 nitrogen and oxygen atoms in total. The molecule has 2 aromatic heterocycles. The predicted octanol–water partition coefficient (Wildman–Crippen LogP) is 6.70. The average molecular weight is 524 g/mol. The summed E-state index contributed by atoms with van der Waals surface area (Å²) in [5.74, 6) is -0.383. The molecule has 0 saturated heterocycles. The van der Waals surface area contributed by atoms with Crippen LogP contribution in [0.15, 0.2) is 48.2 Å². The van der Waals surface area contributed by atoms with E-state index in [4.69, 9.17) is 4.74 Å². The van der Waals surface area contributed by atoms with Crippen molar-refractivity contribution >= 4 is 12.0 Å². The van der Waals surface area contributed by atoms with Crippen LogP contribution < -0.4 is 10.1 Å². The fourth-order valence-electron chi connectivity index (χ4n) is 4.08. The number of alkyl halides is 6. The standard InChI is InChI=1S/C25H22F6N4O2/c1-14-21(22(35-34-14)25(29,30)31)23(36)33-18-8-5-15(6-9-18)11-16-3-2-4-19(12-16)37-20-10-7-17(13-32-20)24(26,27)28/h2-4,7,10-13,18H,5-6,8-9H2,1H3,(H,33,36)(H,34,35). The number of pyridine rings is 1. The van der Waals surface area contributed by atoms with Gasteiger partial charge in [-0.3, -0.25) is 9.89 Å².